The summed E-state index contributed by atoms with van der Waals surface area (Å²) in [6, 6.07) is 1.76. The number of nitrogens with zero attached hydrogens (tertiary/aromatic N) is 4. The van der Waals surface area contributed by atoms with Crippen LogP contribution in [0.1, 0.15) is 56.8 Å². The first-order valence-corrected chi connectivity index (χ1v) is 10.4. The normalized spacial score (nSPS) is 27.0. The van der Waals surface area contributed by atoms with E-state index < -0.39 is 0 Å². The van der Waals surface area contributed by atoms with Crippen molar-refractivity contribution >= 4 is 5.96 Å². The highest BCUT2D eigenvalue weighted by molar-refractivity contribution is 5.80. The molecule has 2 fully saturated rings. The Bertz CT molecular complexity index is 645. The molecule has 6 heteroatoms. The highest BCUT2D eigenvalue weighted by atomic mass is 15.3. The molecule has 2 unspecified atom stereocenters. The molecule has 4 rings (SSSR count). The zero-order chi connectivity index (χ0) is 18.1. The van der Waals surface area contributed by atoms with Crippen molar-refractivity contribution in [1.82, 2.24) is 25.3 Å². The molecular weight excluding hydrogens is 324 g/mol. The molecule has 1 aromatic rings. The van der Waals surface area contributed by atoms with Gasteiger partial charge in [-0.15, -0.1) is 0 Å². The molecule has 2 atom stereocenters. The summed E-state index contributed by atoms with van der Waals surface area (Å²) in [7, 11) is 1.88. The first kappa shape index (κ1) is 17.8. The molecular formula is C20H34N6. The van der Waals surface area contributed by atoms with Crippen molar-refractivity contribution in [3.63, 3.8) is 0 Å². The molecule has 0 spiro atoms. The molecule has 0 aromatic carbocycles. The minimum Gasteiger partial charge on any atom is -0.356 e. The van der Waals surface area contributed by atoms with Gasteiger partial charge in [-0.1, -0.05) is 0 Å². The maximum Gasteiger partial charge on any atom is 0.191 e. The van der Waals surface area contributed by atoms with Gasteiger partial charge in [-0.3, -0.25) is 9.67 Å². The van der Waals surface area contributed by atoms with Crippen molar-refractivity contribution in [2.45, 2.75) is 70.5 Å². The van der Waals surface area contributed by atoms with Crippen LogP contribution in [0, 0.1) is 5.92 Å². The highest BCUT2D eigenvalue weighted by Gasteiger charge is 2.34. The van der Waals surface area contributed by atoms with E-state index in [1.165, 1.54) is 43.6 Å². The third-order valence-electron chi connectivity index (χ3n) is 6.13. The number of nitrogens with one attached hydrogen (secondary N) is 2. The Morgan fingerprint density at radius 2 is 2.15 bits per heavy atom. The second-order valence-corrected chi connectivity index (χ2v) is 8.59. The summed E-state index contributed by atoms with van der Waals surface area (Å²) in [5, 5.41) is 12.0. The van der Waals surface area contributed by atoms with Gasteiger partial charge in [-0.25, -0.2) is 0 Å². The van der Waals surface area contributed by atoms with Gasteiger partial charge >= 0.3 is 0 Å². The summed E-state index contributed by atoms with van der Waals surface area (Å²) in [5.41, 5.74) is 2.68. The van der Waals surface area contributed by atoms with Gasteiger partial charge in [-0.2, -0.15) is 5.10 Å². The number of hydrogen-bond acceptors (Lipinski definition) is 3. The van der Waals surface area contributed by atoms with Crippen molar-refractivity contribution in [1.29, 1.82) is 0 Å². The van der Waals surface area contributed by atoms with Crippen LogP contribution in [0.2, 0.25) is 0 Å². The third-order valence-corrected chi connectivity index (χ3v) is 6.13. The van der Waals surface area contributed by atoms with Gasteiger partial charge in [0.1, 0.15) is 0 Å². The van der Waals surface area contributed by atoms with Gasteiger partial charge in [-0.05, 0) is 64.0 Å². The van der Waals surface area contributed by atoms with E-state index in [-0.39, 0.29) is 0 Å². The maximum atomic E-state index is 4.78. The SMILES string of the molecule is CN=C(NCC1CCN(C2CC2)C1)NC1CCc2cn(C(C)C)nc2C1. The Labute approximate surface area is 157 Å². The van der Waals surface area contributed by atoms with Gasteiger partial charge in [0.2, 0.25) is 0 Å². The number of guanidine groups is 1. The lowest BCUT2D eigenvalue weighted by Gasteiger charge is -2.25. The third kappa shape index (κ3) is 4.05. The van der Waals surface area contributed by atoms with Crippen LogP contribution in [0.15, 0.2) is 11.2 Å². The van der Waals surface area contributed by atoms with Crippen LogP contribution >= 0.6 is 0 Å². The maximum absolute atomic E-state index is 4.78. The van der Waals surface area contributed by atoms with E-state index in [0.717, 1.165) is 43.7 Å². The topological polar surface area (TPSA) is 57.5 Å². The minimum absolute atomic E-state index is 0.427. The molecule has 144 valence electrons. The quantitative estimate of drug-likeness (QED) is 0.624. The van der Waals surface area contributed by atoms with E-state index in [2.05, 4.69) is 45.3 Å². The number of fused-ring (bicyclic) bond motifs is 1. The van der Waals surface area contributed by atoms with E-state index in [9.17, 15) is 0 Å². The molecule has 1 aliphatic heterocycles. The summed E-state index contributed by atoms with van der Waals surface area (Å²) in [5.74, 6) is 1.71. The molecule has 0 radical (unpaired) electrons. The van der Waals surface area contributed by atoms with E-state index in [1.54, 1.807) is 0 Å². The van der Waals surface area contributed by atoms with Gasteiger partial charge in [0.05, 0.1) is 5.69 Å². The molecule has 0 amide bonds. The predicted octanol–water partition coefficient (Wildman–Crippen LogP) is 1.97. The second-order valence-electron chi connectivity index (χ2n) is 8.59. The molecule has 2 N–H and O–H groups in total. The number of rotatable bonds is 5. The highest BCUT2D eigenvalue weighted by Crippen LogP contribution is 2.31. The minimum atomic E-state index is 0.427. The molecule has 1 saturated heterocycles. The molecule has 1 aromatic heterocycles. The summed E-state index contributed by atoms with van der Waals surface area (Å²) in [6.45, 7) is 7.95. The van der Waals surface area contributed by atoms with Crippen LogP contribution in [0.4, 0.5) is 0 Å². The lowest BCUT2D eigenvalue weighted by molar-refractivity contribution is 0.314. The monoisotopic (exact) mass is 358 g/mol. The molecule has 0 bridgehead atoms. The Morgan fingerprint density at radius 3 is 2.88 bits per heavy atom. The Morgan fingerprint density at radius 1 is 1.31 bits per heavy atom. The zero-order valence-corrected chi connectivity index (χ0v) is 16.5. The lowest BCUT2D eigenvalue weighted by atomic mass is 9.94. The smallest absolute Gasteiger partial charge is 0.191 e. The van der Waals surface area contributed by atoms with Crippen LogP contribution < -0.4 is 10.6 Å². The molecule has 2 aliphatic carbocycles. The molecule has 3 aliphatic rings. The largest absolute Gasteiger partial charge is 0.356 e. The van der Waals surface area contributed by atoms with E-state index in [1.807, 2.05) is 7.05 Å². The molecule has 1 saturated carbocycles. The zero-order valence-electron chi connectivity index (χ0n) is 16.5. The van der Waals surface area contributed by atoms with Crippen LogP contribution in [0.25, 0.3) is 0 Å². The predicted molar refractivity (Wildman–Crippen MR) is 106 cm³/mol. The Balaban J connectivity index is 1.26. The van der Waals surface area contributed by atoms with Crippen molar-refractivity contribution < 1.29 is 0 Å². The van der Waals surface area contributed by atoms with Gasteiger partial charge < -0.3 is 15.5 Å². The van der Waals surface area contributed by atoms with Crippen LogP contribution in [0.3, 0.4) is 0 Å². The summed E-state index contributed by atoms with van der Waals surface area (Å²) in [6.07, 6.45) is 9.63. The lowest BCUT2D eigenvalue weighted by Crippen LogP contribution is -2.47. The standard InChI is InChI=1S/C20H34N6/c1-14(2)26-13-16-4-5-17(10-19(16)24-26)23-20(21-3)22-11-15-8-9-25(12-15)18-6-7-18/h13-15,17-18H,4-12H2,1-3H3,(H2,21,22,23). The van der Waals surface area contributed by atoms with Crippen molar-refractivity contribution in [2.75, 3.05) is 26.7 Å². The fraction of sp³-hybridized carbons (Fsp3) is 0.800. The molecule has 2 heterocycles. The average molecular weight is 359 g/mol. The van der Waals surface area contributed by atoms with E-state index in [4.69, 9.17) is 5.10 Å². The fourth-order valence-corrected chi connectivity index (χ4v) is 4.33. The number of aliphatic imine (C=N–C) groups is 1. The Kier molecular flexibility index (Phi) is 5.20. The number of aryl methyl sites for hydroxylation is 1. The van der Waals surface area contributed by atoms with Gasteiger partial charge in [0.15, 0.2) is 5.96 Å². The van der Waals surface area contributed by atoms with Crippen molar-refractivity contribution in [3.05, 3.63) is 17.5 Å². The summed E-state index contributed by atoms with van der Waals surface area (Å²) in [4.78, 5) is 7.13. The molecule has 6 nitrogen and oxygen atoms in total. The van der Waals surface area contributed by atoms with E-state index >= 15 is 0 Å². The number of aromatic nitrogens is 2. The van der Waals surface area contributed by atoms with E-state index in [0.29, 0.717) is 12.1 Å². The van der Waals surface area contributed by atoms with Crippen LogP contribution in [0.5, 0.6) is 0 Å². The first-order valence-electron chi connectivity index (χ1n) is 10.4. The van der Waals surface area contributed by atoms with Gasteiger partial charge in [0, 0.05) is 50.9 Å². The first-order chi connectivity index (χ1) is 12.6. The second kappa shape index (κ2) is 7.59. The fourth-order valence-electron chi connectivity index (χ4n) is 4.33. The summed E-state index contributed by atoms with van der Waals surface area (Å²) >= 11 is 0. The van der Waals surface area contributed by atoms with Gasteiger partial charge in [0.25, 0.3) is 0 Å². The summed E-state index contributed by atoms with van der Waals surface area (Å²) < 4.78 is 2.10. The van der Waals surface area contributed by atoms with Crippen molar-refractivity contribution in [2.24, 2.45) is 10.9 Å². The van der Waals surface area contributed by atoms with Crippen molar-refractivity contribution in [3.8, 4) is 0 Å². The Hall–Kier alpha value is -1.56. The number of likely N-dealkylation sites (tertiary alicyclic amines) is 1. The average Bonchev–Trinajstić information content (AvgIpc) is 3.22. The van der Waals surface area contributed by atoms with Crippen LogP contribution in [-0.4, -0.2) is 59.4 Å². The molecule has 26 heavy (non-hydrogen) atoms. The van der Waals surface area contributed by atoms with Crippen LogP contribution in [-0.2, 0) is 12.8 Å². The number of hydrogen-bond donors (Lipinski definition) is 2.